The monoisotopic (exact) mass is 413 g/mol. The highest BCUT2D eigenvalue weighted by Crippen LogP contribution is 2.24. The number of nitrogens with one attached hydrogen (secondary N) is 1. The number of imidazole rings is 1. The topological polar surface area (TPSA) is 56.2 Å². The van der Waals surface area contributed by atoms with Gasteiger partial charge >= 0.3 is 0 Å². The van der Waals surface area contributed by atoms with Gasteiger partial charge in [-0.05, 0) is 30.7 Å². The molecule has 1 N–H and O–H groups in total. The lowest BCUT2D eigenvalue weighted by Crippen LogP contribution is -2.33. The predicted molar refractivity (Wildman–Crippen MR) is 104 cm³/mol. The Hall–Kier alpha value is -2.60. The summed E-state index contributed by atoms with van der Waals surface area (Å²) in [6.45, 7) is 1.38. The van der Waals surface area contributed by atoms with E-state index in [9.17, 15) is 4.79 Å². The third kappa shape index (κ3) is 5.20. The Kier molecular flexibility index (Phi) is 6.44. The molecule has 0 saturated carbocycles. The highest BCUT2D eigenvalue weighted by molar-refractivity contribution is 9.10. The summed E-state index contributed by atoms with van der Waals surface area (Å²) in [6.07, 6.45) is 5.56. The first-order valence-corrected chi connectivity index (χ1v) is 9.22. The minimum atomic E-state index is -0.689. The Balaban J connectivity index is 1.62. The first-order valence-electron chi connectivity index (χ1n) is 8.43. The molecule has 134 valence electrons. The van der Waals surface area contributed by atoms with E-state index in [1.807, 2.05) is 65.4 Å². The quantitative estimate of drug-likeness (QED) is 0.568. The van der Waals surface area contributed by atoms with Crippen molar-refractivity contribution in [2.24, 2.45) is 0 Å². The third-order valence-electron chi connectivity index (χ3n) is 3.86. The molecular weight excluding hydrogens is 394 g/mol. The Morgan fingerprint density at radius 3 is 2.62 bits per heavy atom. The molecule has 0 radical (unpaired) electrons. The zero-order chi connectivity index (χ0) is 18.2. The van der Waals surface area contributed by atoms with E-state index in [4.69, 9.17) is 4.74 Å². The average molecular weight is 414 g/mol. The molecule has 0 fully saturated rings. The SMILES string of the molecule is O=C(NCCCn1ccnc1)C(Oc1ccc(Br)cc1)c1ccccc1. The van der Waals surface area contributed by atoms with Crippen molar-refractivity contribution in [3.8, 4) is 5.75 Å². The van der Waals surface area contributed by atoms with Gasteiger partial charge in [-0.3, -0.25) is 4.79 Å². The van der Waals surface area contributed by atoms with Crippen molar-refractivity contribution in [2.45, 2.75) is 19.1 Å². The molecule has 0 spiro atoms. The van der Waals surface area contributed by atoms with Gasteiger partial charge < -0.3 is 14.6 Å². The number of aryl methyl sites for hydroxylation is 1. The van der Waals surface area contributed by atoms with Gasteiger partial charge in [-0.2, -0.15) is 0 Å². The largest absolute Gasteiger partial charge is 0.476 e. The Bertz CT molecular complexity index is 805. The van der Waals surface area contributed by atoms with E-state index in [1.54, 1.807) is 12.5 Å². The van der Waals surface area contributed by atoms with Crippen molar-refractivity contribution in [1.82, 2.24) is 14.9 Å². The van der Waals surface area contributed by atoms with Crippen molar-refractivity contribution in [3.05, 3.63) is 83.4 Å². The molecule has 6 heteroatoms. The molecule has 0 saturated heterocycles. The van der Waals surface area contributed by atoms with Crippen LogP contribution in [-0.2, 0) is 11.3 Å². The maximum absolute atomic E-state index is 12.7. The average Bonchev–Trinajstić information content (AvgIpc) is 3.19. The van der Waals surface area contributed by atoms with E-state index < -0.39 is 6.10 Å². The number of ether oxygens (including phenoxy) is 1. The van der Waals surface area contributed by atoms with E-state index in [1.165, 1.54) is 0 Å². The van der Waals surface area contributed by atoms with Crippen molar-refractivity contribution < 1.29 is 9.53 Å². The number of carbonyl (C=O) groups excluding carboxylic acids is 1. The molecule has 0 bridgehead atoms. The number of nitrogens with zero attached hydrogens (tertiary/aromatic N) is 2. The van der Waals surface area contributed by atoms with Gasteiger partial charge in [0.1, 0.15) is 5.75 Å². The summed E-state index contributed by atoms with van der Waals surface area (Å²) < 4.78 is 8.92. The van der Waals surface area contributed by atoms with Crippen molar-refractivity contribution in [3.63, 3.8) is 0 Å². The van der Waals surface area contributed by atoms with E-state index >= 15 is 0 Å². The molecule has 0 aliphatic heterocycles. The molecule has 3 aromatic rings. The number of benzene rings is 2. The molecule has 0 aliphatic rings. The van der Waals surface area contributed by atoms with Gasteiger partial charge in [0.2, 0.25) is 6.10 Å². The second-order valence-electron chi connectivity index (χ2n) is 5.81. The van der Waals surface area contributed by atoms with E-state index in [0.717, 1.165) is 23.0 Å². The van der Waals surface area contributed by atoms with Crippen LogP contribution >= 0.6 is 15.9 Å². The zero-order valence-electron chi connectivity index (χ0n) is 14.2. The van der Waals surface area contributed by atoms with Crippen LogP contribution in [0.4, 0.5) is 0 Å². The summed E-state index contributed by atoms with van der Waals surface area (Å²) in [5.41, 5.74) is 0.822. The molecule has 2 aromatic carbocycles. The molecule has 1 unspecified atom stereocenters. The molecule has 1 aromatic heterocycles. The number of carbonyl (C=O) groups is 1. The lowest BCUT2D eigenvalue weighted by Gasteiger charge is -2.19. The molecule has 26 heavy (non-hydrogen) atoms. The van der Waals surface area contributed by atoms with E-state index in [0.29, 0.717) is 12.3 Å². The van der Waals surface area contributed by atoms with Crippen LogP contribution in [0.25, 0.3) is 0 Å². The highest BCUT2D eigenvalue weighted by Gasteiger charge is 2.22. The fourth-order valence-electron chi connectivity index (χ4n) is 2.53. The first kappa shape index (κ1) is 18.2. The maximum Gasteiger partial charge on any atom is 0.265 e. The molecule has 1 amide bonds. The van der Waals surface area contributed by atoms with Crippen molar-refractivity contribution >= 4 is 21.8 Å². The molecule has 5 nitrogen and oxygen atoms in total. The van der Waals surface area contributed by atoms with Gasteiger partial charge in [0, 0.05) is 35.5 Å². The third-order valence-corrected chi connectivity index (χ3v) is 4.39. The minimum absolute atomic E-state index is 0.148. The number of halogens is 1. The summed E-state index contributed by atoms with van der Waals surface area (Å²) in [6, 6.07) is 17.0. The Labute approximate surface area is 161 Å². The van der Waals surface area contributed by atoms with Crippen LogP contribution in [0.2, 0.25) is 0 Å². The van der Waals surface area contributed by atoms with Crippen LogP contribution in [-0.4, -0.2) is 22.0 Å². The van der Waals surface area contributed by atoms with Crippen LogP contribution in [0.3, 0.4) is 0 Å². The van der Waals surface area contributed by atoms with Gasteiger partial charge in [-0.1, -0.05) is 46.3 Å². The summed E-state index contributed by atoms with van der Waals surface area (Å²) in [7, 11) is 0. The Morgan fingerprint density at radius 2 is 1.92 bits per heavy atom. The minimum Gasteiger partial charge on any atom is -0.476 e. The standard InChI is InChI=1S/C20H20BrN3O2/c21-17-7-9-18(10-8-17)26-19(16-5-2-1-3-6-16)20(25)23-11-4-13-24-14-12-22-15-24/h1-3,5-10,12,14-15,19H,4,11,13H2,(H,23,25). The maximum atomic E-state index is 12.7. The number of hydrogen-bond donors (Lipinski definition) is 1. The second kappa shape index (κ2) is 9.20. The number of amides is 1. The van der Waals surface area contributed by atoms with Crippen LogP contribution in [0.15, 0.2) is 77.8 Å². The summed E-state index contributed by atoms with van der Waals surface area (Å²) in [5, 5.41) is 2.97. The van der Waals surface area contributed by atoms with Crippen LogP contribution < -0.4 is 10.1 Å². The molecule has 3 rings (SSSR count). The van der Waals surface area contributed by atoms with Crippen LogP contribution in [0.5, 0.6) is 5.75 Å². The summed E-state index contributed by atoms with van der Waals surface area (Å²) >= 11 is 3.40. The van der Waals surface area contributed by atoms with Gasteiger partial charge in [-0.15, -0.1) is 0 Å². The molecular formula is C20H20BrN3O2. The number of aromatic nitrogens is 2. The fourth-order valence-corrected chi connectivity index (χ4v) is 2.80. The smallest absolute Gasteiger partial charge is 0.265 e. The predicted octanol–water partition coefficient (Wildman–Crippen LogP) is 3.97. The summed E-state index contributed by atoms with van der Waals surface area (Å²) in [5.74, 6) is 0.500. The lowest BCUT2D eigenvalue weighted by molar-refractivity contribution is -0.128. The fraction of sp³-hybridized carbons (Fsp3) is 0.200. The lowest BCUT2D eigenvalue weighted by atomic mass is 10.1. The van der Waals surface area contributed by atoms with Crippen molar-refractivity contribution in [2.75, 3.05) is 6.54 Å². The van der Waals surface area contributed by atoms with Crippen LogP contribution in [0.1, 0.15) is 18.1 Å². The normalized spacial score (nSPS) is 11.7. The van der Waals surface area contributed by atoms with Gasteiger partial charge in [-0.25, -0.2) is 4.98 Å². The first-order chi connectivity index (χ1) is 12.7. The molecule has 1 atom stereocenters. The molecule has 0 aliphatic carbocycles. The number of hydrogen-bond acceptors (Lipinski definition) is 3. The number of rotatable bonds is 8. The highest BCUT2D eigenvalue weighted by atomic mass is 79.9. The summed E-state index contributed by atoms with van der Waals surface area (Å²) in [4.78, 5) is 16.7. The van der Waals surface area contributed by atoms with E-state index in [2.05, 4.69) is 26.2 Å². The molecule has 1 heterocycles. The van der Waals surface area contributed by atoms with Gasteiger partial charge in [0.25, 0.3) is 5.91 Å². The second-order valence-corrected chi connectivity index (χ2v) is 6.72. The Morgan fingerprint density at radius 1 is 1.15 bits per heavy atom. The zero-order valence-corrected chi connectivity index (χ0v) is 15.8. The van der Waals surface area contributed by atoms with Gasteiger partial charge in [0.15, 0.2) is 0 Å². The van der Waals surface area contributed by atoms with Gasteiger partial charge in [0.05, 0.1) is 6.33 Å². The van der Waals surface area contributed by atoms with Crippen LogP contribution in [0, 0.1) is 0 Å². The van der Waals surface area contributed by atoms with E-state index in [-0.39, 0.29) is 5.91 Å². The van der Waals surface area contributed by atoms with Crippen molar-refractivity contribution in [1.29, 1.82) is 0 Å².